The number of aromatic amines is 1. The van der Waals surface area contributed by atoms with Gasteiger partial charge in [0.25, 0.3) is 5.56 Å². The lowest BCUT2D eigenvalue weighted by molar-refractivity contribution is 0.225. The first kappa shape index (κ1) is 12.0. The first-order chi connectivity index (χ1) is 9.26. The minimum atomic E-state index is -0.165. The quantitative estimate of drug-likeness (QED) is 0.872. The molecule has 1 aliphatic rings. The lowest BCUT2D eigenvalue weighted by atomic mass is 10.2. The van der Waals surface area contributed by atoms with E-state index in [1.54, 1.807) is 13.2 Å². The molecule has 0 amide bonds. The van der Waals surface area contributed by atoms with Crippen LogP contribution in [0, 0.1) is 0 Å². The predicted molar refractivity (Wildman–Crippen MR) is 73.0 cm³/mol. The fourth-order valence-corrected chi connectivity index (χ4v) is 2.34. The summed E-state index contributed by atoms with van der Waals surface area (Å²) in [6, 6.07) is 7.08. The Labute approximate surface area is 110 Å². The highest BCUT2D eigenvalue weighted by molar-refractivity contribution is 5.85. The van der Waals surface area contributed by atoms with Crippen LogP contribution < -0.4 is 20.3 Å². The lowest BCUT2D eigenvalue weighted by Crippen LogP contribution is -2.20. The molecule has 1 unspecified atom stereocenters. The van der Waals surface area contributed by atoms with E-state index < -0.39 is 0 Å². The normalized spacial score (nSPS) is 18.7. The van der Waals surface area contributed by atoms with Gasteiger partial charge in [0.2, 0.25) is 0 Å². The topological polar surface area (TPSA) is 63.4 Å². The predicted octanol–water partition coefficient (Wildman–Crippen LogP) is 1.28. The molecule has 2 aromatic rings. The monoisotopic (exact) mass is 260 g/mol. The zero-order chi connectivity index (χ0) is 13.2. The summed E-state index contributed by atoms with van der Waals surface area (Å²) < 4.78 is 11.1. The summed E-state index contributed by atoms with van der Waals surface area (Å²) in [7, 11) is 1.60. The third kappa shape index (κ3) is 2.42. The van der Waals surface area contributed by atoms with Crippen molar-refractivity contribution in [3.63, 3.8) is 0 Å². The van der Waals surface area contributed by atoms with Gasteiger partial charge in [-0.05, 0) is 25.1 Å². The van der Waals surface area contributed by atoms with Gasteiger partial charge < -0.3 is 19.8 Å². The Morgan fingerprint density at radius 2 is 2.21 bits per heavy atom. The van der Waals surface area contributed by atoms with Gasteiger partial charge in [0.1, 0.15) is 17.6 Å². The zero-order valence-electron chi connectivity index (χ0n) is 10.7. The van der Waals surface area contributed by atoms with Crippen molar-refractivity contribution < 1.29 is 9.47 Å². The average Bonchev–Trinajstić information content (AvgIpc) is 2.90. The van der Waals surface area contributed by atoms with E-state index in [0.717, 1.165) is 30.4 Å². The second-order valence-corrected chi connectivity index (χ2v) is 4.64. The van der Waals surface area contributed by atoms with Crippen LogP contribution in [-0.2, 0) is 0 Å². The Hall–Kier alpha value is -2.01. The average molecular weight is 260 g/mol. The van der Waals surface area contributed by atoms with Crippen LogP contribution >= 0.6 is 0 Å². The maximum absolute atomic E-state index is 11.7. The molecule has 0 spiro atoms. The van der Waals surface area contributed by atoms with Crippen molar-refractivity contribution in [2.24, 2.45) is 0 Å². The van der Waals surface area contributed by atoms with Crippen molar-refractivity contribution in [3.05, 3.63) is 34.6 Å². The highest BCUT2D eigenvalue weighted by Crippen LogP contribution is 2.27. The molecule has 1 atom stereocenters. The van der Waals surface area contributed by atoms with Gasteiger partial charge in [-0.2, -0.15) is 0 Å². The van der Waals surface area contributed by atoms with E-state index >= 15 is 0 Å². The Morgan fingerprint density at radius 3 is 2.95 bits per heavy atom. The van der Waals surface area contributed by atoms with E-state index in [1.165, 1.54) is 6.07 Å². The van der Waals surface area contributed by atoms with Gasteiger partial charge in [-0.3, -0.25) is 4.79 Å². The number of benzene rings is 1. The smallest absolute Gasteiger partial charge is 0.252 e. The fourth-order valence-electron chi connectivity index (χ4n) is 2.34. The summed E-state index contributed by atoms with van der Waals surface area (Å²) in [5.74, 6) is 1.35. The molecule has 0 bridgehead atoms. The van der Waals surface area contributed by atoms with E-state index in [-0.39, 0.29) is 11.7 Å². The maximum atomic E-state index is 11.7. The molecule has 5 nitrogen and oxygen atoms in total. The van der Waals surface area contributed by atoms with Crippen molar-refractivity contribution in [3.8, 4) is 11.5 Å². The Morgan fingerprint density at radius 1 is 1.32 bits per heavy atom. The molecule has 100 valence electrons. The van der Waals surface area contributed by atoms with Crippen molar-refractivity contribution in [1.29, 1.82) is 0 Å². The highest BCUT2D eigenvalue weighted by Gasteiger charge is 2.17. The van der Waals surface area contributed by atoms with Gasteiger partial charge in [0, 0.05) is 24.1 Å². The van der Waals surface area contributed by atoms with E-state index in [2.05, 4.69) is 10.3 Å². The molecule has 0 radical (unpaired) electrons. The summed E-state index contributed by atoms with van der Waals surface area (Å²) in [5.41, 5.74) is 0.564. The van der Waals surface area contributed by atoms with Crippen LogP contribution in [0.2, 0.25) is 0 Å². The number of hydrogen-bond donors (Lipinski definition) is 2. The largest absolute Gasteiger partial charge is 0.497 e. The van der Waals surface area contributed by atoms with Gasteiger partial charge >= 0.3 is 0 Å². The molecule has 1 aromatic heterocycles. The molecule has 0 saturated carbocycles. The van der Waals surface area contributed by atoms with E-state index in [9.17, 15) is 4.79 Å². The Bertz CT molecular complexity index is 645. The van der Waals surface area contributed by atoms with Crippen LogP contribution in [0.5, 0.6) is 11.5 Å². The van der Waals surface area contributed by atoms with Gasteiger partial charge in [0.05, 0.1) is 12.6 Å². The van der Waals surface area contributed by atoms with Crippen LogP contribution in [0.4, 0.5) is 0 Å². The van der Waals surface area contributed by atoms with Crippen LogP contribution in [0.25, 0.3) is 10.9 Å². The molecular weight excluding hydrogens is 244 g/mol. The van der Waals surface area contributed by atoms with Gasteiger partial charge in [-0.1, -0.05) is 0 Å². The maximum Gasteiger partial charge on any atom is 0.252 e. The number of nitrogens with one attached hydrogen (secondary N) is 2. The standard InChI is InChI=1S/C14H16N2O3/c1-18-9-2-3-11-12(6-9)16-14(17)7-13(11)19-10-4-5-15-8-10/h2-3,6-7,10,15H,4-5,8H2,1H3,(H,16,17). The molecule has 3 rings (SSSR count). The molecule has 2 N–H and O–H groups in total. The van der Waals surface area contributed by atoms with Crippen molar-refractivity contribution in [2.45, 2.75) is 12.5 Å². The Balaban J connectivity index is 2.04. The lowest BCUT2D eigenvalue weighted by Gasteiger charge is -2.14. The second-order valence-electron chi connectivity index (χ2n) is 4.64. The minimum absolute atomic E-state index is 0.132. The molecule has 19 heavy (non-hydrogen) atoms. The van der Waals surface area contributed by atoms with Crippen LogP contribution in [0.1, 0.15) is 6.42 Å². The fraction of sp³-hybridized carbons (Fsp3) is 0.357. The minimum Gasteiger partial charge on any atom is -0.497 e. The van der Waals surface area contributed by atoms with Gasteiger partial charge in [-0.15, -0.1) is 0 Å². The number of H-pyrrole nitrogens is 1. The Kier molecular flexibility index (Phi) is 3.13. The molecule has 5 heteroatoms. The van der Waals surface area contributed by atoms with Crippen LogP contribution in [-0.4, -0.2) is 31.3 Å². The van der Waals surface area contributed by atoms with Crippen molar-refractivity contribution in [1.82, 2.24) is 10.3 Å². The number of ether oxygens (including phenoxy) is 2. The third-order valence-corrected chi connectivity index (χ3v) is 3.32. The van der Waals surface area contributed by atoms with E-state index in [1.807, 2.05) is 12.1 Å². The van der Waals surface area contributed by atoms with Crippen molar-refractivity contribution in [2.75, 3.05) is 20.2 Å². The molecule has 1 aromatic carbocycles. The number of pyridine rings is 1. The number of methoxy groups -OCH3 is 1. The summed E-state index contributed by atoms with van der Waals surface area (Å²) in [6.07, 6.45) is 1.09. The first-order valence-electron chi connectivity index (χ1n) is 6.35. The van der Waals surface area contributed by atoms with Gasteiger partial charge in [0.15, 0.2) is 0 Å². The van der Waals surface area contributed by atoms with Crippen molar-refractivity contribution >= 4 is 10.9 Å². The molecule has 1 fully saturated rings. The highest BCUT2D eigenvalue weighted by atomic mass is 16.5. The number of aromatic nitrogens is 1. The number of hydrogen-bond acceptors (Lipinski definition) is 4. The second kappa shape index (κ2) is 4.93. The summed E-state index contributed by atoms with van der Waals surface area (Å²) in [6.45, 7) is 1.78. The molecular formula is C14H16N2O3. The van der Waals surface area contributed by atoms with Gasteiger partial charge in [-0.25, -0.2) is 0 Å². The van der Waals surface area contributed by atoms with E-state index in [0.29, 0.717) is 11.5 Å². The zero-order valence-corrected chi connectivity index (χ0v) is 10.7. The van der Waals surface area contributed by atoms with Crippen LogP contribution in [0.15, 0.2) is 29.1 Å². The number of fused-ring (bicyclic) bond motifs is 1. The summed E-state index contributed by atoms with van der Waals surface area (Å²) >= 11 is 0. The van der Waals surface area contributed by atoms with E-state index in [4.69, 9.17) is 9.47 Å². The number of rotatable bonds is 3. The molecule has 0 aliphatic carbocycles. The SMILES string of the molecule is COc1ccc2c(OC3CCNC3)cc(=O)[nH]c2c1. The summed E-state index contributed by atoms with van der Waals surface area (Å²) in [4.78, 5) is 14.5. The third-order valence-electron chi connectivity index (χ3n) is 3.32. The molecule has 1 saturated heterocycles. The van der Waals surface area contributed by atoms with Crippen LogP contribution in [0.3, 0.4) is 0 Å². The summed E-state index contributed by atoms with van der Waals surface area (Å²) in [5, 5.41) is 4.14. The molecule has 2 heterocycles. The molecule has 1 aliphatic heterocycles. The first-order valence-corrected chi connectivity index (χ1v) is 6.35.